The first kappa shape index (κ1) is 15.4. The number of carbonyl (C=O) groups excluding carboxylic acids is 1. The van der Waals surface area contributed by atoms with E-state index in [9.17, 15) is 4.79 Å². The number of ether oxygens (including phenoxy) is 1. The van der Waals surface area contributed by atoms with Gasteiger partial charge in [0.25, 0.3) is 5.91 Å². The molecule has 1 atom stereocenters. The number of rotatable bonds is 7. The van der Waals surface area contributed by atoms with Gasteiger partial charge in [-0.15, -0.1) is 0 Å². The van der Waals surface area contributed by atoms with Gasteiger partial charge in [0, 0.05) is 7.05 Å². The van der Waals surface area contributed by atoms with Crippen LogP contribution in [0.1, 0.15) is 37.2 Å². The molecule has 0 radical (unpaired) electrons. The molecule has 0 aliphatic carbocycles. The molecule has 1 rings (SSSR count). The molecular weight excluding hydrogens is 244 g/mol. The first-order valence-electron chi connectivity index (χ1n) is 6.49. The van der Waals surface area contributed by atoms with E-state index in [2.05, 4.69) is 18.8 Å². The third-order valence-electron chi connectivity index (χ3n) is 2.83. The van der Waals surface area contributed by atoms with E-state index in [4.69, 9.17) is 9.57 Å². The van der Waals surface area contributed by atoms with Gasteiger partial charge >= 0.3 is 0 Å². The number of hydrogen-bond acceptors (Lipinski definition) is 4. The lowest BCUT2D eigenvalue weighted by atomic mass is 10.1. The van der Waals surface area contributed by atoms with E-state index >= 15 is 0 Å². The van der Waals surface area contributed by atoms with Gasteiger partial charge in [-0.3, -0.25) is 9.63 Å². The van der Waals surface area contributed by atoms with Gasteiger partial charge in [0.1, 0.15) is 11.4 Å². The zero-order chi connectivity index (χ0) is 14.3. The minimum Gasteiger partial charge on any atom is -0.492 e. The molecule has 1 unspecified atom stereocenters. The summed E-state index contributed by atoms with van der Waals surface area (Å²) in [6, 6.07) is 3.39. The zero-order valence-corrected chi connectivity index (χ0v) is 12.0. The van der Waals surface area contributed by atoms with Crippen molar-refractivity contribution in [3.63, 3.8) is 0 Å². The lowest BCUT2D eigenvalue weighted by molar-refractivity contribution is -0.0760. The minimum absolute atomic E-state index is 0.284. The van der Waals surface area contributed by atoms with Crippen molar-refractivity contribution in [2.24, 2.45) is 5.92 Å². The Kier molecular flexibility index (Phi) is 6.29. The van der Waals surface area contributed by atoms with Gasteiger partial charge in [0.15, 0.2) is 0 Å². The first-order valence-corrected chi connectivity index (χ1v) is 6.49. The molecule has 5 heteroatoms. The molecule has 0 bridgehead atoms. The Bertz CT molecular complexity index is 392. The Morgan fingerprint density at radius 2 is 2.21 bits per heavy atom. The standard InChI is InChI=1S/C14H22N2O3/c1-5-6-11(2)10-19-12-7-8-13(15-9-12)14(17)16(3)18-4/h7-9,11H,5-6,10H2,1-4H3. The summed E-state index contributed by atoms with van der Waals surface area (Å²) in [5, 5.41) is 1.13. The van der Waals surface area contributed by atoms with Crippen LogP contribution in [-0.2, 0) is 4.84 Å². The molecule has 0 aliphatic rings. The molecular formula is C14H22N2O3. The van der Waals surface area contributed by atoms with Crippen LogP contribution < -0.4 is 4.74 Å². The Hall–Kier alpha value is -1.62. The molecule has 1 aromatic heterocycles. The van der Waals surface area contributed by atoms with E-state index < -0.39 is 0 Å². The second kappa shape index (κ2) is 7.74. The molecule has 1 heterocycles. The monoisotopic (exact) mass is 266 g/mol. The molecule has 106 valence electrons. The highest BCUT2D eigenvalue weighted by atomic mass is 16.7. The lowest BCUT2D eigenvalue weighted by Crippen LogP contribution is -2.26. The fourth-order valence-electron chi connectivity index (χ4n) is 1.65. The molecule has 0 aliphatic heterocycles. The average molecular weight is 266 g/mol. The smallest absolute Gasteiger partial charge is 0.295 e. The molecule has 1 amide bonds. The number of carbonyl (C=O) groups is 1. The summed E-state index contributed by atoms with van der Waals surface area (Å²) in [7, 11) is 2.98. The fourth-order valence-corrected chi connectivity index (χ4v) is 1.65. The summed E-state index contributed by atoms with van der Waals surface area (Å²) in [4.78, 5) is 20.6. The summed E-state index contributed by atoms with van der Waals surface area (Å²) < 4.78 is 5.62. The molecule has 19 heavy (non-hydrogen) atoms. The molecule has 5 nitrogen and oxygen atoms in total. The van der Waals surface area contributed by atoms with Crippen LogP contribution in [0.15, 0.2) is 18.3 Å². The van der Waals surface area contributed by atoms with E-state index in [-0.39, 0.29) is 5.91 Å². The lowest BCUT2D eigenvalue weighted by Gasteiger charge is -2.14. The van der Waals surface area contributed by atoms with Gasteiger partial charge in [-0.1, -0.05) is 20.3 Å². The maximum Gasteiger partial charge on any atom is 0.295 e. The SMILES string of the molecule is CCCC(C)COc1ccc(C(=O)N(C)OC)nc1. The number of hydroxylamine groups is 2. The van der Waals surface area contributed by atoms with Crippen molar-refractivity contribution in [1.29, 1.82) is 0 Å². The van der Waals surface area contributed by atoms with Gasteiger partial charge < -0.3 is 4.74 Å². The van der Waals surface area contributed by atoms with Crippen LogP contribution in [0.5, 0.6) is 5.75 Å². The highest BCUT2D eigenvalue weighted by Crippen LogP contribution is 2.13. The van der Waals surface area contributed by atoms with Gasteiger partial charge in [0.05, 0.1) is 19.9 Å². The molecule has 0 N–H and O–H groups in total. The van der Waals surface area contributed by atoms with Crippen LogP contribution in [0.25, 0.3) is 0 Å². The number of nitrogens with zero attached hydrogens (tertiary/aromatic N) is 2. The van der Waals surface area contributed by atoms with Crippen molar-refractivity contribution in [1.82, 2.24) is 10.0 Å². The van der Waals surface area contributed by atoms with Crippen molar-refractivity contribution < 1.29 is 14.4 Å². The highest BCUT2D eigenvalue weighted by Gasteiger charge is 2.12. The van der Waals surface area contributed by atoms with Crippen LogP contribution in [0.4, 0.5) is 0 Å². The van der Waals surface area contributed by atoms with Crippen LogP contribution in [0.3, 0.4) is 0 Å². The largest absolute Gasteiger partial charge is 0.492 e. The molecule has 0 fully saturated rings. The van der Waals surface area contributed by atoms with E-state index in [1.54, 1.807) is 25.4 Å². The maximum atomic E-state index is 11.7. The Morgan fingerprint density at radius 1 is 1.47 bits per heavy atom. The van der Waals surface area contributed by atoms with Gasteiger partial charge in [-0.05, 0) is 24.5 Å². The fraction of sp³-hybridized carbons (Fsp3) is 0.571. The second-order valence-electron chi connectivity index (χ2n) is 4.57. The average Bonchev–Trinajstić information content (AvgIpc) is 2.44. The number of amides is 1. The quantitative estimate of drug-likeness (QED) is 0.712. The molecule has 0 saturated heterocycles. The molecule has 0 aromatic carbocycles. The molecule has 0 spiro atoms. The summed E-state index contributed by atoms with van der Waals surface area (Å²) >= 11 is 0. The van der Waals surface area contributed by atoms with Crippen LogP contribution >= 0.6 is 0 Å². The van der Waals surface area contributed by atoms with Crippen LogP contribution in [0, 0.1) is 5.92 Å². The summed E-state index contributed by atoms with van der Waals surface area (Å²) in [5.74, 6) is 0.916. The Balaban J connectivity index is 2.54. The summed E-state index contributed by atoms with van der Waals surface area (Å²) in [6.45, 7) is 4.98. The third-order valence-corrected chi connectivity index (χ3v) is 2.83. The summed E-state index contributed by atoms with van der Waals surface area (Å²) in [6.07, 6.45) is 3.86. The normalized spacial score (nSPS) is 12.0. The van der Waals surface area contributed by atoms with Crippen molar-refractivity contribution in [2.45, 2.75) is 26.7 Å². The van der Waals surface area contributed by atoms with Crippen LogP contribution in [-0.4, -0.2) is 36.7 Å². The van der Waals surface area contributed by atoms with Gasteiger partial charge in [0.2, 0.25) is 0 Å². The highest BCUT2D eigenvalue weighted by molar-refractivity contribution is 5.91. The van der Waals surface area contributed by atoms with Gasteiger partial charge in [-0.2, -0.15) is 0 Å². The Morgan fingerprint density at radius 3 is 2.74 bits per heavy atom. The molecule has 1 aromatic rings. The Labute approximate surface area is 114 Å². The topological polar surface area (TPSA) is 51.7 Å². The maximum absolute atomic E-state index is 11.7. The molecule has 0 saturated carbocycles. The van der Waals surface area contributed by atoms with Crippen molar-refractivity contribution in [3.8, 4) is 5.75 Å². The number of hydrogen-bond donors (Lipinski definition) is 0. The van der Waals surface area contributed by atoms with Crippen molar-refractivity contribution >= 4 is 5.91 Å². The van der Waals surface area contributed by atoms with Crippen molar-refractivity contribution in [3.05, 3.63) is 24.0 Å². The predicted octanol–water partition coefficient (Wildman–Crippen LogP) is 2.53. The van der Waals surface area contributed by atoms with E-state index in [0.717, 1.165) is 17.9 Å². The third kappa shape index (κ3) is 4.87. The zero-order valence-electron chi connectivity index (χ0n) is 12.0. The van der Waals surface area contributed by atoms with E-state index in [1.807, 2.05) is 0 Å². The van der Waals surface area contributed by atoms with Crippen molar-refractivity contribution in [2.75, 3.05) is 20.8 Å². The minimum atomic E-state index is -0.284. The van der Waals surface area contributed by atoms with E-state index in [0.29, 0.717) is 24.0 Å². The number of pyridine rings is 1. The summed E-state index contributed by atoms with van der Waals surface area (Å²) in [5.41, 5.74) is 0.332. The van der Waals surface area contributed by atoms with Gasteiger partial charge in [-0.25, -0.2) is 10.0 Å². The van der Waals surface area contributed by atoms with Crippen LogP contribution in [0.2, 0.25) is 0 Å². The van der Waals surface area contributed by atoms with E-state index in [1.165, 1.54) is 7.11 Å². The second-order valence-corrected chi connectivity index (χ2v) is 4.57. The predicted molar refractivity (Wildman–Crippen MR) is 72.9 cm³/mol. The first-order chi connectivity index (χ1) is 9.08. The number of aromatic nitrogens is 1.